The molecule has 1 saturated heterocycles. The van der Waals surface area contributed by atoms with Crippen molar-refractivity contribution in [1.82, 2.24) is 10.2 Å². The second-order valence-electron chi connectivity index (χ2n) is 10.6. The molecule has 1 aliphatic heterocycles. The van der Waals surface area contributed by atoms with Gasteiger partial charge in [0.05, 0.1) is 18.1 Å². The molecule has 2 amide bonds. The number of amides is 2. The zero-order chi connectivity index (χ0) is 27.8. The average Bonchev–Trinajstić information content (AvgIpc) is 3.33. The molecular weight excluding hydrogens is 488 g/mol. The molecule has 4 rings (SSSR count). The Morgan fingerprint density at radius 1 is 0.949 bits per heavy atom. The van der Waals surface area contributed by atoms with E-state index in [0.29, 0.717) is 26.1 Å². The van der Waals surface area contributed by atoms with Gasteiger partial charge in [-0.1, -0.05) is 66.7 Å². The lowest BCUT2D eigenvalue weighted by Crippen LogP contribution is -2.50. The molecule has 0 radical (unpaired) electrons. The van der Waals surface area contributed by atoms with Crippen molar-refractivity contribution in [2.45, 2.75) is 31.4 Å². The third-order valence-corrected chi connectivity index (χ3v) is 7.44. The first kappa shape index (κ1) is 28.2. The van der Waals surface area contributed by atoms with Crippen LogP contribution >= 0.6 is 0 Å². The van der Waals surface area contributed by atoms with Gasteiger partial charge < -0.3 is 25.1 Å². The summed E-state index contributed by atoms with van der Waals surface area (Å²) < 4.78 is 0. The van der Waals surface area contributed by atoms with Crippen LogP contribution in [-0.4, -0.2) is 74.7 Å². The second kappa shape index (κ2) is 13.3. The number of aliphatic hydroxyl groups is 1. The van der Waals surface area contributed by atoms with Gasteiger partial charge in [-0.2, -0.15) is 0 Å². The van der Waals surface area contributed by atoms with E-state index in [1.165, 1.54) is 5.56 Å². The number of likely N-dealkylation sites (tertiary alicyclic amines) is 1. The Bertz CT molecular complexity index is 1220. The van der Waals surface area contributed by atoms with Crippen LogP contribution in [0, 0.1) is 5.92 Å². The summed E-state index contributed by atoms with van der Waals surface area (Å²) in [6.07, 6.45) is 0.648. The number of benzene rings is 3. The Balaban J connectivity index is 1.41. The molecule has 39 heavy (non-hydrogen) atoms. The number of hydrogen-bond acceptors (Lipinski definition) is 5. The number of aliphatic hydroxyl groups excluding tert-OH is 1. The summed E-state index contributed by atoms with van der Waals surface area (Å²) >= 11 is 0. The molecule has 1 aliphatic rings. The summed E-state index contributed by atoms with van der Waals surface area (Å²) in [5.41, 5.74) is 4.27. The van der Waals surface area contributed by atoms with Gasteiger partial charge in [0.2, 0.25) is 11.8 Å². The monoisotopic (exact) mass is 528 g/mol. The quantitative estimate of drug-likeness (QED) is 0.377. The number of nitrogens with zero attached hydrogens (tertiary/aromatic N) is 3. The van der Waals surface area contributed by atoms with Crippen molar-refractivity contribution in [3.63, 3.8) is 0 Å². The fraction of sp³-hybridized carbons (Fsp3) is 0.375. The van der Waals surface area contributed by atoms with E-state index < -0.39 is 18.1 Å². The molecule has 3 aromatic carbocycles. The lowest BCUT2D eigenvalue weighted by atomic mass is 9.99. The minimum atomic E-state index is -0.812. The maximum atomic E-state index is 13.4. The van der Waals surface area contributed by atoms with E-state index in [4.69, 9.17) is 0 Å². The summed E-state index contributed by atoms with van der Waals surface area (Å²) in [5, 5.41) is 14.4. The van der Waals surface area contributed by atoms with Crippen molar-refractivity contribution in [2.75, 3.05) is 50.6 Å². The van der Waals surface area contributed by atoms with E-state index in [9.17, 15) is 14.7 Å². The third kappa shape index (κ3) is 7.83. The van der Waals surface area contributed by atoms with Crippen LogP contribution in [0.3, 0.4) is 0 Å². The van der Waals surface area contributed by atoms with Gasteiger partial charge in [-0.3, -0.25) is 9.59 Å². The van der Waals surface area contributed by atoms with Crippen molar-refractivity contribution in [1.29, 1.82) is 0 Å². The molecule has 0 bridgehead atoms. The number of nitrogens with one attached hydrogen (secondary N) is 1. The molecule has 7 heteroatoms. The average molecular weight is 529 g/mol. The van der Waals surface area contributed by atoms with Gasteiger partial charge in [0.1, 0.15) is 0 Å². The van der Waals surface area contributed by atoms with Gasteiger partial charge in [-0.15, -0.1) is 0 Å². The highest BCUT2D eigenvalue weighted by molar-refractivity contribution is 5.89. The predicted molar refractivity (Wildman–Crippen MR) is 157 cm³/mol. The standard InChI is InChI=1S/C32H40N4O3/c1-34(2)27-15-10-16-28(21-27)35(3)23-30(37)29(19-25-13-8-5-9-14-25)33-32(39)26-20-31(38)36(22-26)18-17-24-11-6-4-7-12-24/h4-16,21,26,29-30,37H,17-20,22-23H2,1-3H3,(H,33,39)/t26-,29+,30-/m1/s1. The molecular formula is C32H40N4O3. The predicted octanol–water partition coefficient (Wildman–Crippen LogP) is 3.37. The fourth-order valence-electron chi connectivity index (χ4n) is 5.05. The van der Waals surface area contributed by atoms with Crippen molar-refractivity contribution in [3.05, 3.63) is 96.1 Å². The van der Waals surface area contributed by atoms with Crippen LogP contribution in [0.15, 0.2) is 84.9 Å². The number of anilines is 2. The number of likely N-dealkylation sites (N-methyl/N-ethyl adjacent to an activating group) is 1. The minimum absolute atomic E-state index is 0.00625. The van der Waals surface area contributed by atoms with Crippen LogP contribution in [0.5, 0.6) is 0 Å². The molecule has 0 aliphatic carbocycles. The molecule has 1 heterocycles. The van der Waals surface area contributed by atoms with Crippen molar-refractivity contribution >= 4 is 23.2 Å². The molecule has 0 saturated carbocycles. The van der Waals surface area contributed by atoms with E-state index in [0.717, 1.165) is 23.4 Å². The zero-order valence-electron chi connectivity index (χ0n) is 23.2. The maximum absolute atomic E-state index is 13.4. The van der Waals surface area contributed by atoms with Crippen LogP contribution < -0.4 is 15.1 Å². The molecule has 0 unspecified atom stereocenters. The Morgan fingerprint density at radius 3 is 2.26 bits per heavy atom. The normalized spacial score (nSPS) is 16.6. The van der Waals surface area contributed by atoms with Crippen LogP contribution in [0.4, 0.5) is 11.4 Å². The topological polar surface area (TPSA) is 76.1 Å². The Hall–Kier alpha value is -3.84. The van der Waals surface area contributed by atoms with E-state index >= 15 is 0 Å². The Morgan fingerprint density at radius 2 is 1.59 bits per heavy atom. The SMILES string of the molecule is CN(C)c1cccc(N(C)C[C@@H](O)[C@H](Cc2ccccc2)NC(=O)[C@@H]2CC(=O)N(CCc3ccccc3)C2)c1. The van der Waals surface area contributed by atoms with Crippen LogP contribution in [0.2, 0.25) is 0 Å². The van der Waals surface area contributed by atoms with Crippen molar-refractivity contribution in [3.8, 4) is 0 Å². The number of rotatable bonds is 12. The Labute approximate surface area is 232 Å². The summed E-state index contributed by atoms with van der Waals surface area (Å²) in [5.74, 6) is -0.595. The first-order valence-electron chi connectivity index (χ1n) is 13.6. The summed E-state index contributed by atoms with van der Waals surface area (Å²) in [6, 6.07) is 27.6. The summed E-state index contributed by atoms with van der Waals surface area (Å²) in [6.45, 7) is 1.35. The van der Waals surface area contributed by atoms with Crippen molar-refractivity contribution in [2.24, 2.45) is 5.92 Å². The first-order valence-corrected chi connectivity index (χ1v) is 13.6. The fourth-order valence-corrected chi connectivity index (χ4v) is 5.05. The van der Waals surface area contributed by atoms with E-state index in [2.05, 4.69) is 11.4 Å². The van der Waals surface area contributed by atoms with Gasteiger partial charge in [-0.25, -0.2) is 0 Å². The molecule has 2 N–H and O–H groups in total. The Kier molecular flexibility index (Phi) is 9.60. The smallest absolute Gasteiger partial charge is 0.225 e. The van der Waals surface area contributed by atoms with E-state index in [-0.39, 0.29) is 18.2 Å². The molecule has 7 nitrogen and oxygen atoms in total. The van der Waals surface area contributed by atoms with Crippen molar-refractivity contribution < 1.29 is 14.7 Å². The lowest BCUT2D eigenvalue weighted by molar-refractivity contribution is -0.129. The lowest BCUT2D eigenvalue weighted by Gasteiger charge is -2.30. The largest absolute Gasteiger partial charge is 0.389 e. The van der Waals surface area contributed by atoms with Gasteiger partial charge in [0.25, 0.3) is 0 Å². The van der Waals surface area contributed by atoms with Crippen LogP contribution in [0.1, 0.15) is 17.5 Å². The summed E-state index contributed by atoms with van der Waals surface area (Å²) in [7, 11) is 5.94. The van der Waals surface area contributed by atoms with Gasteiger partial charge in [-0.05, 0) is 42.2 Å². The highest BCUT2D eigenvalue weighted by Gasteiger charge is 2.35. The molecule has 3 atom stereocenters. The van der Waals surface area contributed by atoms with E-state index in [1.807, 2.05) is 110 Å². The third-order valence-electron chi connectivity index (χ3n) is 7.44. The molecule has 206 valence electrons. The van der Waals surface area contributed by atoms with Gasteiger partial charge >= 0.3 is 0 Å². The molecule has 3 aromatic rings. The maximum Gasteiger partial charge on any atom is 0.225 e. The molecule has 0 spiro atoms. The number of carbonyl (C=O) groups excluding carboxylic acids is 2. The zero-order valence-corrected chi connectivity index (χ0v) is 23.2. The minimum Gasteiger partial charge on any atom is -0.389 e. The van der Waals surface area contributed by atoms with Gasteiger partial charge in [0, 0.05) is 58.6 Å². The van der Waals surface area contributed by atoms with E-state index in [1.54, 1.807) is 4.90 Å². The summed E-state index contributed by atoms with van der Waals surface area (Å²) in [4.78, 5) is 31.9. The highest BCUT2D eigenvalue weighted by Crippen LogP contribution is 2.22. The second-order valence-corrected chi connectivity index (χ2v) is 10.6. The van der Waals surface area contributed by atoms with Crippen LogP contribution in [0.25, 0.3) is 0 Å². The number of carbonyl (C=O) groups is 2. The molecule has 1 fully saturated rings. The van der Waals surface area contributed by atoms with Gasteiger partial charge in [0.15, 0.2) is 0 Å². The highest BCUT2D eigenvalue weighted by atomic mass is 16.3. The first-order chi connectivity index (χ1) is 18.8. The molecule has 0 aromatic heterocycles. The van der Waals surface area contributed by atoms with Crippen LogP contribution in [-0.2, 0) is 22.4 Å². The number of hydrogen-bond donors (Lipinski definition) is 2.